The number of hydrogen-bond donors (Lipinski definition) is 5. The molecule has 0 saturated carbocycles. The summed E-state index contributed by atoms with van der Waals surface area (Å²) in [7, 11) is 0. The van der Waals surface area contributed by atoms with Gasteiger partial charge in [0.25, 0.3) is 0 Å². The Balaban J connectivity index is 1.90. The van der Waals surface area contributed by atoms with Gasteiger partial charge in [-0.05, 0) is 152 Å². The summed E-state index contributed by atoms with van der Waals surface area (Å²) in [5, 5.41) is 8.71. The number of esters is 4. The number of aromatic amines is 1. The molecule has 3 atom stereocenters. The van der Waals surface area contributed by atoms with Crippen molar-refractivity contribution in [1.29, 1.82) is 0 Å². The van der Waals surface area contributed by atoms with Crippen LogP contribution in [0.3, 0.4) is 0 Å². The normalized spacial score (nSPS) is 12.6. The molecule has 0 bridgehead atoms. The third-order valence-electron chi connectivity index (χ3n) is 19.4. The minimum absolute atomic E-state index is 0.0349. The van der Waals surface area contributed by atoms with Gasteiger partial charge in [0.05, 0.1) is 24.4 Å². The number of ether oxygens (including phenoxy) is 7. The Hall–Kier alpha value is -7.65. The van der Waals surface area contributed by atoms with Crippen LogP contribution in [0.1, 0.15) is 357 Å². The summed E-state index contributed by atoms with van der Waals surface area (Å²) in [6, 6.07) is 4.86. The second-order valence-corrected chi connectivity index (χ2v) is 36.5. The fourth-order valence-corrected chi connectivity index (χ4v) is 14.2. The number of aromatic nitrogens is 4. The summed E-state index contributed by atoms with van der Waals surface area (Å²) in [5.41, 5.74) is 3.83. The van der Waals surface area contributed by atoms with E-state index in [1.54, 1.807) is 105 Å². The van der Waals surface area contributed by atoms with E-state index in [-0.39, 0.29) is 112 Å². The van der Waals surface area contributed by atoms with Crippen molar-refractivity contribution in [3.63, 3.8) is 0 Å². The van der Waals surface area contributed by atoms with E-state index in [0.717, 1.165) is 57.8 Å². The molecule has 2 heterocycles. The number of H-pyrrole nitrogens is 1. The van der Waals surface area contributed by atoms with Gasteiger partial charge in [-0.25, -0.2) is 24.0 Å². The highest BCUT2D eigenvalue weighted by molar-refractivity contribution is 7.99. The predicted octanol–water partition coefficient (Wildman–Crippen LogP) is 19.0. The number of ketones is 1. The molecule has 3 aromatic rings. The molecule has 3 rings (SSSR count). The standard InChI is InChI=1S/C90H154N10O17S/c1-16-19-22-24-26-28-30-32-34-36-38-40-42-50-74(102)111-64-71(113-75(103)51-43-41-39-37-35-33-31-29-27-25-23-20-17-2)67-118-66-70(62-76(104)114-87(4,5)6)80(105)94-72(65-112-81(106)69-54-52-68(53-55-69)63-100-79-77(95-83(100)107)78(91)96-82(97-79)92-56-21-18-3)73(101)49-44-45-58-98(85(109)116-89(10,11)12)59-46-47-60-99(86(110)117-90(13,14)15)61-48-57-93-84(108)115-88(7,8)9/h52-55,70-72H,16-51,56-67H2,1-15H3,(H,93,108)(H,94,105)(H,95,107)(H3,91,92,96,97)/t70-,71?,72-/m0/s1. The first-order chi connectivity index (χ1) is 56.0. The molecule has 6 N–H and O–H groups in total. The number of amides is 4. The van der Waals surface area contributed by atoms with Crippen LogP contribution in [0.15, 0.2) is 29.1 Å². The average Bonchev–Trinajstić information content (AvgIpc) is 1.63. The zero-order valence-corrected chi connectivity index (χ0v) is 76.0. The molecule has 1 unspecified atom stereocenters. The molecule has 0 aliphatic carbocycles. The fourth-order valence-electron chi connectivity index (χ4n) is 13.1. The van der Waals surface area contributed by atoms with Crippen LogP contribution < -0.4 is 27.4 Å². The predicted molar refractivity (Wildman–Crippen MR) is 469 cm³/mol. The summed E-state index contributed by atoms with van der Waals surface area (Å²) in [6.07, 6.45) is 31.0. The number of nitrogens with one attached hydrogen (secondary N) is 4. The topological polar surface area (TPSA) is 350 Å². The van der Waals surface area contributed by atoms with Gasteiger partial charge in [0.2, 0.25) is 11.9 Å². The van der Waals surface area contributed by atoms with E-state index in [1.165, 1.54) is 138 Å². The number of nitrogens with zero attached hydrogens (tertiary/aromatic N) is 5. The molecule has 2 aromatic heterocycles. The molecule has 0 radical (unpaired) electrons. The van der Waals surface area contributed by atoms with Crippen molar-refractivity contribution in [2.75, 3.05) is 75.0 Å². The van der Waals surface area contributed by atoms with Crippen LogP contribution in [-0.2, 0) is 63.7 Å². The number of alkyl carbamates (subject to hydrolysis) is 1. The molecule has 0 fully saturated rings. The zero-order chi connectivity index (χ0) is 87.4. The molecule has 672 valence electrons. The van der Waals surface area contributed by atoms with Crippen LogP contribution in [-0.4, -0.2) is 182 Å². The highest BCUT2D eigenvalue weighted by atomic mass is 32.2. The number of nitrogens with two attached hydrogens (primary N) is 1. The van der Waals surface area contributed by atoms with Crippen molar-refractivity contribution < 1.29 is 76.3 Å². The Morgan fingerprint density at radius 2 is 0.958 bits per heavy atom. The molecule has 0 saturated heterocycles. The minimum atomic E-state index is -1.44. The first-order valence-electron chi connectivity index (χ1n) is 44.7. The van der Waals surface area contributed by atoms with E-state index in [9.17, 15) is 47.9 Å². The second-order valence-electron chi connectivity index (χ2n) is 35.4. The number of Topliss-reactive ketones (excluding diaryl/α,β-unsaturated/α-hetero) is 1. The van der Waals surface area contributed by atoms with Gasteiger partial charge in [-0.15, -0.1) is 0 Å². The van der Waals surface area contributed by atoms with Gasteiger partial charge >= 0.3 is 47.8 Å². The molecule has 1 aromatic carbocycles. The Kier molecular flexibility index (Phi) is 51.7. The third-order valence-corrected chi connectivity index (χ3v) is 20.6. The maximum absolute atomic E-state index is 15.0. The van der Waals surface area contributed by atoms with Crippen molar-refractivity contribution in [3.05, 3.63) is 45.9 Å². The summed E-state index contributed by atoms with van der Waals surface area (Å²) in [4.78, 5) is 152. The molecule has 27 nitrogen and oxygen atoms in total. The molecule has 118 heavy (non-hydrogen) atoms. The van der Waals surface area contributed by atoms with Gasteiger partial charge in [0.15, 0.2) is 17.2 Å². The number of anilines is 2. The first kappa shape index (κ1) is 105. The van der Waals surface area contributed by atoms with E-state index in [1.807, 2.05) is 0 Å². The van der Waals surface area contributed by atoms with E-state index in [2.05, 4.69) is 51.7 Å². The number of benzene rings is 1. The monoisotopic (exact) mass is 1680 g/mol. The summed E-state index contributed by atoms with van der Waals surface area (Å²) < 4.78 is 41.8. The maximum Gasteiger partial charge on any atom is 0.410 e. The molecule has 28 heteroatoms. The molecular weight excluding hydrogens is 1530 g/mol. The Morgan fingerprint density at radius 3 is 1.45 bits per heavy atom. The summed E-state index contributed by atoms with van der Waals surface area (Å²) in [6.45, 7) is 28.6. The van der Waals surface area contributed by atoms with Gasteiger partial charge < -0.3 is 69.6 Å². The van der Waals surface area contributed by atoms with Crippen molar-refractivity contribution in [1.82, 2.24) is 40.0 Å². The van der Waals surface area contributed by atoms with E-state index >= 15 is 0 Å². The molecule has 0 spiro atoms. The lowest BCUT2D eigenvalue weighted by molar-refractivity contribution is -0.157. The Morgan fingerprint density at radius 1 is 0.500 bits per heavy atom. The number of rotatable bonds is 63. The highest BCUT2D eigenvalue weighted by Gasteiger charge is 2.32. The number of nitrogen functional groups attached to an aromatic ring is 1. The summed E-state index contributed by atoms with van der Waals surface area (Å²) in [5.74, 6) is -4.30. The highest BCUT2D eigenvalue weighted by Crippen LogP contribution is 2.25. The number of imidazole rings is 1. The smallest absolute Gasteiger partial charge is 0.410 e. The van der Waals surface area contributed by atoms with Crippen molar-refractivity contribution >= 4 is 88.5 Å². The van der Waals surface area contributed by atoms with Gasteiger partial charge in [-0.3, -0.25) is 28.5 Å². The van der Waals surface area contributed by atoms with E-state index in [0.29, 0.717) is 50.6 Å². The van der Waals surface area contributed by atoms with Crippen LogP contribution in [0.5, 0.6) is 0 Å². The van der Waals surface area contributed by atoms with Crippen molar-refractivity contribution in [2.45, 2.75) is 383 Å². The lowest BCUT2D eigenvalue weighted by Gasteiger charge is -2.29. The zero-order valence-electron chi connectivity index (χ0n) is 75.1. The van der Waals surface area contributed by atoms with Crippen LogP contribution >= 0.6 is 11.8 Å². The first-order valence-corrected chi connectivity index (χ1v) is 45.8. The van der Waals surface area contributed by atoms with E-state index in [4.69, 9.17) is 38.9 Å². The van der Waals surface area contributed by atoms with Crippen LogP contribution in [0.25, 0.3) is 11.2 Å². The lowest BCUT2D eigenvalue weighted by atomic mass is 10.0. The van der Waals surface area contributed by atoms with Crippen LogP contribution in [0.2, 0.25) is 0 Å². The average molecular weight is 1680 g/mol. The van der Waals surface area contributed by atoms with Gasteiger partial charge in [-0.2, -0.15) is 21.7 Å². The van der Waals surface area contributed by atoms with Crippen molar-refractivity contribution in [3.8, 4) is 0 Å². The van der Waals surface area contributed by atoms with E-state index < -0.39 is 113 Å². The van der Waals surface area contributed by atoms with Crippen molar-refractivity contribution in [2.24, 2.45) is 5.92 Å². The third kappa shape index (κ3) is 49.8. The quantitative estimate of drug-likeness (QED) is 0.0199. The fraction of sp³-hybridized carbons (Fsp3) is 0.778. The van der Waals surface area contributed by atoms with Gasteiger partial charge in [0, 0.05) is 70.0 Å². The van der Waals surface area contributed by atoms with Crippen LogP contribution in [0.4, 0.5) is 26.1 Å². The van der Waals surface area contributed by atoms with Gasteiger partial charge in [0.1, 0.15) is 53.3 Å². The number of fused-ring (bicyclic) bond motifs is 1. The maximum atomic E-state index is 15.0. The molecule has 0 aliphatic heterocycles. The largest absolute Gasteiger partial charge is 0.462 e. The number of thioether (sulfide) groups is 1. The second kappa shape index (κ2) is 58.3. The number of unbranched alkanes of at least 4 members (excludes halogenated alkanes) is 27. The summed E-state index contributed by atoms with van der Waals surface area (Å²) >= 11 is 1.21. The lowest BCUT2D eigenvalue weighted by Crippen LogP contribution is -2.47. The molecule has 0 aliphatic rings. The number of carbonyl (C=O) groups excluding carboxylic acids is 9. The molecule has 4 amide bonds. The van der Waals surface area contributed by atoms with Crippen LogP contribution in [0, 0.1) is 5.92 Å². The number of carbonyl (C=O) groups is 9. The SMILES string of the molecule is CCCCCCCCCCCCCCCC(=O)OCC(CSC[C@H](CC(=O)OC(C)(C)C)C(=O)N[C@@H](COC(=O)c1ccc(Cn2c(=O)[nH]c3c(N)nc(NCCCC)nc32)cc1)C(=O)CCCCN(CCCCN(CCCNC(=O)OC(C)(C)C)C(=O)OC(C)(C)C)C(=O)OC(C)(C)C)OC(=O)CCCCCCCCCCCCCCC. The Bertz CT molecular complexity index is 3450. The minimum Gasteiger partial charge on any atom is -0.462 e. The van der Waals surface area contributed by atoms with Gasteiger partial charge in [-0.1, -0.05) is 193 Å². The molecular formula is C90H154N10O17S. The number of hydrogen-bond acceptors (Lipinski definition) is 22. The Labute approximate surface area is 710 Å².